The van der Waals surface area contributed by atoms with Crippen LogP contribution in [-0.4, -0.2) is 33.2 Å². The predicted molar refractivity (Wildman–Crippen MR) is 104 cm³/mol. The van der Waals surface area contributed by atoms with Crippen LogP contribution in [0.1, 0.15) is 28.9 Å². The van der Waals surface area contributed by atoms with E-state index in [0.29, 0.717) is 5.69 Å². The highest BCUT2D eigenvalue weighted by atomic mass is 19.4. The monoisotopic (exact) mass is 416 g/mol. The zero-order valence-electron chi connectivity index (χ0n) is 15.9. The van der Waals surface area contributed by atoms with Gasteiger partial charge in [0.2, 0.25) is 5.88 Å². The van der Waals surface area contributed by atoms with Gasteiger partial charge in [0.15, 0.2) is 6.61 Å². The molecule has 30 heavy (non-hydrogen) atoms. The summed E-state index contributed by atoms with van der Waals surface area (Å²) in [5.74, 6) is -0.0863. The zero-order chi connectivity index (χ0) is 21.1. The number of carbonyl (C=O) groups excluding carboxylic acids is 1. The molecule has 0 radical (unpaired) electrons. The van der Waals surface area contributed by atoms with Crippen molar-refractivity contribution in [2.24, 2.45) is 0 Å². The Balaban J connectivity index is 1.48. The maximum atomic E-state index is 12.5. The SMILES string of the molecule is O=C(Nc1ccc(-c2ncc3n2CCCC3)cc1)c1cccnc1OCC(F)(F)F. The van der Waals surface area contributed by atoms with E-state index in [1.165, 1.54) is 30.4 Å². The molecule has 1 N–H and O–H groups in total. The van der Waals surface area contributed by atoms with Crippen LogP contribution in [0, 0.1) is 0 Å². The molecule has 0 spiro atoms. The number of hydrogen-bond donors (Lipinski definition) is 1. The van der Waals surface area contributed by atoms with Gasteiger partial charge in [-0.15, -0.1) is 0 Å². The number of aryl methyl sites for hydroxylation is 1. The van der Waals surface area contributed by atoms with Crippen LogP contribution in [0.2, 0.25) is 0 Å². The summed E-state index contributed by atoms with van der Waals surface area (Å²) in [5, 5.41) is 2.66. The van der Waals surface area contributed by atoms with Crippen LogP contribution in [0.3, 0.4) is 0 Å². The Hall–Kier alpha value is -3.36. The molecule has 0 atom stereocenters. The third-order valence-corrected chi connectivity index (χ3v) is 4.79. The molecule has 0 unspecified atom stereocenters. The van der Waals surface area contributed by atoms with Crippen LogP contribution in [0.15, 0.2) is 48.8 Å². The van der Waals surface area contributed by atoms with E-state index >= 15 is 0 Å². The van der Waals surface area contributed by atoms with Crippen LogP contribution < -0.4 is 10.1 Å². The smallest absolute Gasteiger partial charge is 0.422 e. The third kappa shape index (κ3) is 4.45. The minimum Gasteiger partial charge on any atom is -0.467 e. The van der Waals surface area contributed by atoms with Crippen molar-refractivity contribution in [1.82, 2.24) is 14.5 Å². The van der Waals surface area contributed by atoms with Crippen molar-refractivity contribution in [3.8, 4) is 17.3 Å². The quantitative estimate of drug-likeness (QED) is 0.666. The normalized spacial score (nSPS) is 13.6. The summed E-state index contributed by atoms with van der Waals surface area (Å²) >= 11 is 0. The number of benzene rings is 1. The number of aromatic nitrogens is 3. The molecule has 0 bridgehead atoms. The topological polar surface area (TPSA) is 69.0 Å². The molecule has 1 aromatic carbocycles. The van der Waals surface area contributed by atoms with E-state index in [1.54, 1.807) is 12.1 Å². The van der Waals surface area contributed by atoms with Crippen molar-refractivity contribution in [2.75, 3.05) is 11.9 Å². The average molecular weight is 416 g/mol. The van der Waals surface area contributed by atoms with Gasteiger partial charge in [-0.05, 0) is 55.7 Å². The highest BCUT2D eigenvalue weighted by Gasteiger charge is 2.29. The first-order valence-corrected chi connectivity index (χ1v) is 9.51. The lowest BCUT2D eigenvalue weighted by atomic mass is 10.1. The van der Waals surface area contributed by atoms with Gasteiger partial charge in [-0.25, -0.2) is 9.97 Å². The molecule has 0 saturated heterocycles. The first kappa shape index (κ1) is 19.9. The first-order chi connectivity index (χ1) is 14.4. The van der Waals surface area contributed by atoms with E-state index in [9.17, 15) is 18.0 Å². The average Bonchev–Trinajstić information content (AvgIpc) is 3.17. The van der Waals surface area contributed by atoms with Crippen molar-refractivity contribution >= 4 is 11.6 Å². The van der Waals surface area contributed by atoms with Crippen LogP contribution in [-0.2, 0) is 13.0 Å². The lowest BCUT2D eigenvalue weighted by Crippen LogP contribution is -2.22. The standard InChI is InChI=1S/C21H19F3N4O2/c22-21(23,24)13-30-20-17(5-3-10-25-20)19(29)27-15-8-6-14(7-9-15)18-26-12-16-4-1-2-11-28(16)18/h3,5-10,12H,1-2,4,11,13H2,(H,27,29). The maximum absolute atomic E-state index is 12.5. The zero-order valence-corrected chi connectivity index (χ0v) is 15.9. The number of ether oxygens (including phenoxy) is 1. The number of nitrogens with zero attached hydrogens (tertiary/aromatic N) is 3. The van der Waals surface area contributed by atoms with Crippen molar-refractivity contribution < 1.29 is 22.7 Å². The summed E-state index contributed by atoms with van der Waals surface area (Å²) in [5.41, 5.74) is 2.57. The Bertz CT molecular complexity index is 1050. The highest BCUT2D eigenvalue weighted by molar-refractivity contribution is 6.05. The number of carbonyl (C=O) groups is 1. The Morgan fingerprint density at radius 2 is 1.93 bits per heavy atom. The molecule has 9 heteroatoms. The van der Waals surface area contributed by atoms with Crippen LogP contribution in [0.25, 0.3) is 11.4 Å². The molecule has 2 aromatic heterocycles. The number of fused-ring (bicyclic) bond motifs is 1. The number of amides is 1. The third-order valence-electron chi connectivity index (χ3n) is 4.79. The molecule has 156 valence electrons. The first-order valence-electron chi connectivity index (χ1n) is 9.51. The van der Waals surface area contributed by atoms with Crippen LogP contribution >= 0.6 is 0 Å². The predicted octanol–water partition coefficient (Wildman–Crippen LogP) is 4.47. The number of pyridine rings is 1. The van der Waals surface area contributed by atoms with Crippen LogP contribution in [0.4, 0.5) is 18.9 Å². The van der Waals surface area contributed by atoms with E-state index in [1.807, 2.05) is 18.3 Å². The molecular weight excluding hydrogens is 397 g/mol. The fourth-order valence-electron chi connectivity index (χ4n) is 3.40. The Labute approximate surface area is 170 Å². The molecule has 3 heterocycles. The molecular formula is C21H19F3N4O2. The summed E-state index contributed by atoms with van der Waals surface area (Å²) in [6.07, 6.45) is 1.95. The number of halogens is 3. The number of anilines is 1. The fourth-order valence-corrected chi connectivity index (χ4v) is 3.40. The van der Waals surface area contributed by atoms with Crippen molar-refractivity contribution in [1.29, 1.82) is 0 Å². The summed E-state index contributed by atoms with van der Waals surface area (Å²) in [7, 11) is 0. The molecule has 0 fully saturated rings. The molecule has 1 aliphatic rings. The number of rotatable bonds is 5. The molecule has 6 nitrogen and oxygen atoms in total. The summed E-state index contributed by atoms with van der Waals surface area (Å²) in [6.45, 7) is -0.585. The van der Waals surface area contributed by atoms with Crippen molar-refractivity contribution in [2.45, 2.75) is 32.0 Å². The van der Waals surface area contributed by atoms with Gasteiger partial charge in [-0.1, -0.05) is 0 Å². The summed E-state index contributed by atoms with van der Waals surface area (Å²) in [6, 6.07) is 9.97. The molecule has 4 rings (SSSR count). The van der Waals surface area contributed by atoms with Gasteiger partial charge in [0.05, 0.1) is 0 Å². The van der Waals surface area contributed by atoms with Gasteiger partial charge in [-0.3, -0.25) is 4.79 Å². The van der Waals surface area contributed by atoms with Gasteiger partial charge in [-0.2, -0.15) is 13.2 Å². The molecule has 1 aliphatic heterocycles. The number of imidazole rings is 1. The van der Waals surface area contributed by atoms with Crippen molar-refractivity contribution in [3.05, 3.63) is 60.0 Å². The molecule has 3 aromatic rings. The lowest BCUT2D eigenvalue weighted by Gasteiger charge is -2.16. The Kier molecular flexibility index (Phi) is 5.43. The van der Waals surface area contributed by atoms with E-state index in [-0.39, 0.29) is 11.4 Å². The minimum atomic E-state index is -4.52. The minimum absolute atomic E-state index is 0.0758. The van der Waals surface area contributed by atoms with Gasteiger partial charge < -0.3 is 14.6 Å². The number of hydrogen-bond acceptors (Lipinski definition) is 4. The second-order valence-corrected chi connectivity index (χ2v) is 6.97. The maximum Gasteiger partial charge on any atom is 0.422 e. The van der Waals surface area contributed by atoms with E-state index in [4.69, 9.17) is 0 Å². The Morgan fingerprint density at radius 1 is 1.13 bits per heavy atom. The second kappa shape index (κ2) is 8.17. The van der Waals surface area contributed by atoms with E-state index in [2.05, 4.69) is 24.6 Å². The van der Waals surface area contributed by atoms with E-state index < -0.39 is 18.7 Å². The number of alkyl halides is 3. The summed E-state index contributed by atoms with van der Waals surface area (Å²) < 4.78 is 44.1. The van der Waals surface area contributed by atoms with E-state index in [0.717, 1.165) is 30.8 Å². The molecule has 0 aliphatic carbocycles. The van der Waals surface area contributed by atoms with Gasteiger partial charge in [0.25, 0.3) is 5.91 Å². The van der Waals surface area contributed by atoms with Gasteiger partial charge >= 0.3 is 6.18 Å². The number of nitrogens with one attached hydrogen (secondary N) is 1. The fraction of sp³-hybridized carbons (Fsp3) is 0.286. The lowest BCUT2D eigenvalue weighted by molar-refractivity contribution is -0.154. The van der Waals surface area contributed by atoms with Gasteiger partial charge in [0, 0.05) is 35.9 Å². The van der Waals surface area contributed by atoms with Crippen LogP contribution in [0.5, 0.6) is 5.88 Å². The second-order valence-electron chi connectivity index (χ2n) is 6.97. The largest absolute Gasteiger partial charge is 0.467 e. The van der Waals surface area contributed by atoms with Crippen molar-refractivity contribution in [3.63, 3.8) is 0 Å². The summed E-state index contributed by atoms with van der Waals surface area (Å²) in [4.78, 5) is 20.8. The van der Waals surface area contributed by atoms with Gasteiger partial charge in [0.1, 0.15) is 11.4 Å². The Morgan fingerprint density at radius 3 is 2.70 bits per heavy atom. The highest BCUT2D eigenvalue weighted by Crippen LogP contribution is 2.26. The molecule has 1 amide bonds. The molecule has 0 saturated carbocycles.